The predicted octanol–water partition coefficient (Wildman–Crippen LogP) is 6.20. The third-order valence-corrected chi connectivity index (χ3v) is 7.56. The molecule has 0 spiro atoms. The minimum Gasteiger partial charge on any atom is -0.259 e. The zero-order chi connectivity index (χ0) is 22.6. The highest BCUT2D eigenvalue weighted by Crippen LogP contribution is 2.30. The van der Waals surface area contributed by atoms with Crippen molar-refractivity contribution < 1.29 is 8.42 Å². The molecule has 1 aliphatic rings. The number of benzene rings is 3. The van der Waals surface area contributed by atoms with E-state index in [1.165, 1.54) is 4.31 Å². The maximum atomic E-state index is 13.6. The minimum absolute atomic E-state index is 0.299. The van der Waals surface area contributed by atoms with Crippen molar-refractivity contribution in [2.75, 3.05) is 6.54 Å². The molecule has 0 aromatic heterocycles. The normalized spacial score (nSPS) is 14.6. The second-order valence-corrected chi connectivity index (χ2v) is 9.97. The van der Waals surface area contributed by atoms with E-state index in [0.717, 1.165) is 46.7 Å². The molecule has 3 nitrogen and oxygen atoms in total. The van der Waals surface area contributed by atoms with E-state index in [1.54, 1.807) is 12.1 Å². The first-order valence-corrected chi connectivity index (χ1v) is 12.4. The van der Waals surface area contributed by atoms with Crippen molar-refractivity contribution in [3.8, 4) is 11.8 Å². The predicted molar refractivity (Wildman–Crippen MR) is 132 cm³/mol. The summed E-state index contributed by atoms with van der Waals surface area (Å²) in [7, 11) is -3.70. The zero-order valence-corrected chi connectivity index (χ0v) is 19.2. The molecular weight excluding hydrogens is 414 g/mol. The number of nitrogens with zero attached hydrogens (tertiary/aromatic N) is 1. The maximum Gasteiger partial charge on any atom is 0.264 e. The first kappa shape index (κ1) is 21.9. The standard InChI is InChI=1S/C28H27NO2S/c1-3-8-25-10-6-7-20-29(32(30,31)27-17-12-22(2)13-18-27)28(25)19-15-23-14-16-24-9-4-5-11-26(24)21-23/h3-5,9,11-14,16-18,21H,1,6-8,10,20H2,2H3. The van der Waals surface area contributed by atoms with Crippen LogP contribution in [0.3, 0.4) is 0 Å². The molecule has 0 N–H and O–H groups in total. The van der Waals surface area contributed by atoms with Gasteiger partial charge in [-0.15, -0.1) is 6.58 Å². The van der Waals surface area contributed by atoms with E-state index in [0.29, 0.717) is 23.6 Å². The summed E-state index contributed by atoms with van der Waals surface area (Å²) in [6.45, 7) is 6.26. The average Bonchev–Trinajstić information content (AvgIpc) is 3.00. The molecule has 3 aromatic carbocycles. The molecule has 32 heavy (non-hydrogen) atoms. The zero-order valence-electron chi connectivity index (χ0n) is 18.3. The van der Waals surface area contributed by atoms with Crippen LogP contribution in [0.5, 0.6) is 0 Å². The monoisotopic (exact) mass is 441 g/mol. The Kier molecular flexibility index (Phi) is 6.48. The van der Waals surface area contributed by atoms with E-state index >= 15 is 0 Å². The van der Waals surface area contributed by atoms with E-state index < -0.39 is 10.0 Å². The third-order valence-electron chi connectivity index (χ3n) is 5.75. The molecule has 0 amide bonds. The van der Waals surface area contributed by atoms with Gasteiger partial charge in [-0.25, -0.2) is 8.42 Å². The molecule has 1 aliphatic heterocycles. The number of rotatable bonds is 4. The number of allylic oxidation sites excluding steroid dienone is 3. The number of sulfonamides is 1. The highest BCUT2D eigenvalue weighted by atomic mass is 32.2. The third kappa shape index (κ3) is 4.64. The fourth-order valence-corrected chi connectivity index (χ4v) is 5.52. The van der Waals surface area contributed by atoms with Crippen LogP contribution in [-0.2, 0) is 10.0 Å². The molecule has 0 atom stereocenters. The van der Waals surface area contributed by atoms with Crippen molar-refractivity contribution in [2.24, 2.45) is 0 Å². The Morgan fingerprint density at radius 2 is 1.72 bits per heavy atom. The molecule has 0 unspecified atom stereocenters. The van der Waals surface area contributed by atoms with E-state index in [-0.39, 0.29) is 0 Å². The highest BCUT2D eigenvalue weighted by Gasteiger charge is 2.29. The fraction of sp³-hybridized carbons (Fsp3) is 0.214. The van der Waals surface area contributed by atoms with E-state index in [2.05, 4.69) is 30.6 Å². The molecule has 0 saturated carbocycles. The number of hydrogen-bond acceptors (Lipinski definition) is 2. The Hall–Kier alpha value is -3.29. The van der Waals surface area contributed by atoms with Crippen LogP contribution in [-0.4, -0.2) is 19.3 Å². The van der Waals surface area contributed by atoms with Gasteiger partial charge in [0, 0.05) is 12.1 Å². The summed E-state index contributed by atoms with van der Waals surface area (Å²) in [5.74, 6) is 6.48. The molecular formula is C28H27NO2S. The SMILES string of the molecule is C=CCC1=C(C#Cc2ccc3ccccc3c2)N(S(=O)(=O)c2ccc(C)cc2)CCCC1. The topological polar surface area (TPSA) is 37.4 Å². The van der Waals surface area contributed by atoms with E-state index in [9.17, 15) is 8.42 Å². The molecule has 0 saturated heterocycles. The van der Waals surface area contributed by atoms with Crippen LogP contribution in [0.15, 0.2) is 95.6 Å². The average molecular weight is 442 g/mol. The van der Waals surface area contributed by atoms with Gasteiger partial charge in [-0.2, -0.15) is 0 Å². The summed E-state index contributed by atoms with van der Waals surface area (Å²) < 4.78 is 28.7. The smallest absolute Gasteiger partial charge is 0.259 e. The van der Waals surface area contributed by atoms with Crippen LogP contribution < -0.4 is 0 Å². The quantitative estimate of drug-likeness (QED) is 0.357. The summed E-state index contributed by atoms with van der Waals surface area (Å²) in [4.78, 5) is 0.299. The summed E-state index contributed by atoms with van der Waals surface area (Å²) >= 11 is 0. The Labute approximate surface area is 191 Å². The Morgan fingerprint density at radius 1 is 0.969 bits per heavy atom. The summed E-state index contributed by atoms with van der Waals surface area (Å²) in [6.07, 6.45) is 5.02. The van der Waals surface area contributed by atoms with Gasteiger partial charge in [0.25, 0.3) is 10.0 Å². The van der Waals surface area contributed by atoms with Crippen LogP contribution in [0.4, 0.5) is 0 Å². The van der Waals surface area contributed by atoms with Crippen molar-refractivity contribution in [1.29, 1.82) is 0 Å². The van der Waals surface area contributed by atoms with E-state index in [4.69, 9.17) is 0 Å². The number of fused-ring (bicyclic) bond motifs is 1. The fourth-order valence-electron chi connectivity index (χ4n) is 4.00. The van der Waals surface area contributed by atoms with Gasteiger partial charge in [-0.1, -0.05) is 60.0 Å². The van der Waals surface area contributed by atoms with Crippen molar-refractivity contribution in [1.82, 2.24) is 4.31 Å². The maximum absolute atomic E-state index is 13.6. The second kappa shape index (κ2) is 9.46. The molecule has 0 radical (unpaired) electrons. The summed E-state index contributed by atoms with van der Waals surface area (Å²) in [6, 6.07) is 21.2. The van der Waals surface area contributed by atoms with E-state index in [1.807, 2.05) is 55.5 Å². The lowest BCUT2D eigenvalue weighted by Crippen LogP contribution is -2.31. The molecule has 0 bridgehead atoms. The van der Waals surface area contributed by atoms with Gasteiger partial charge in [-0.05, 0) is 79.1 Å². The molecule has 0 fully saturated rings. The van der Waals surface area contributed by atoms with Gasteiger partial charge in [0.2, 0.25) is 0 Å². The number of aryl methyl sites for hydroxylation is 1. The van der Waals surface area contributed by atoms with Gasteiger partial charge in [0.1, 0.15) is 5.70 Å². The van der Waals surface area contributed by atoms with Crippen LogP contribution in [0, 0.1) is 18.8 Å². The van der Waals surface area contributed by atoms with Crippen LogP contribution in [0.2, 0.25) is 0 Å². The first-order chi connectivity index (χ1) is 15.5. The Morgan fingerprint density at radius 3 is 2.47 bits per heavy atom. The van der Waals surface area contributed by atoms with Crippen LogP contribution in [0.25, 0.3) is 10.8 Å². The molecule has 4 heteroatoms. The van der Waals surface area contributed by atoms with Gasteiger partial charge in [-0.3, -0.25) is 4.31 Å². The van der Waals surface area contributed by atoms with Gasteiger partial charge in [0.05, 0.1) is 4.90 Å². The molecule has 1 heterocycles. The van der Waals surface area contributed by atoms with Gasteiger partial charge >= 0.3 is 0 Å². The Balaban J connectivity index is 1.80. The van der Waals surface area contributed by atoms with Crippen LogP contribution >= 0.6 is 0 Å². The lowest BCUT2D eigenvalue weighted by Gasteiger charge is -2.24. The summed E-state index contributed by atoms with van der Waals surface area (Å²) in [5.41, 5.74) is 3.52. The second-order valence-electron chi connectivity index (χ2n) is 8.10. The van der Waals surface area contributed by atoms with Gasteiger partial charge in [0.15, 0.2) is 0 Å². The lowest BCUT2D eigenvalue weighted by atomic mass is 10.0. The minimum atomic E-state index is -3.70. The first-order valence-electron chi connectivity index (χ1n) is 10.9. The molecule has 4 rings (SSSR count). The van der Waals surface area contributed by atoms with Crippen LogP contribution in [0.1, 0.15) is 36.8 Å². The molecule has 3 aromatic rings. The highest BCUT2D eigenvalue weighted by molar-refractivity contribution is 7.89. The summed E-state index contributed by atoms with van der Waals surface area (Å²) in [5, 5.41) is 2.27. The molecule has 162 valence electrons. The Bertz CT molecular complexity index is 1340. The van der Waals surface area contributed by atoms with Crippen molar-refractivity contribution in [3.63, 3.8) is 0 Å². The number of hydrogen-bond donors (Lipinski definition) is 0. The van der Waals surface area contributed by atoms with Crippen molar-refractivity contribution in [2.45, 2.75) is 37.5 Å². The van der Waals surface area contributed by atoms with Crippen molar-refractivity contribution >= 4 is 20.8 Å². The van der Waals surface area contributed by atoms with Gasteiger partial charge < -0.3 is 0 Å². The van der Waals surface area contributed by atoms with Crippen molar-refractivity contribution in [3.05, 3.63) is 102 Å². The largest absolute Gasteiger partial charge is 0.264 e. The molecule has 0 aliphatic carbocycles. The lowest BCUT2D eigenvalue weighted by molar-refractivity contribution is 0.480.